The van der Waals surface area contributed by atoms with Gasteiger partial charge in [0.05, 0.1) is 18.6 Å². The van der Waals surface area contributed by atoms with Crippen LogP contribution in [-0.2, 0) is 10.5 Å². The molecule has 11 heteroatoms. The number of hydrogen-bond acceptors (Lipinski definition) is 8. The zero-order valence-corrected chi connectivity index (χ0v) is 19.7. The second-order valence-electron chi connectivity index (χ2n) is 5.98. The maximum atomic E-state index is 12.0. The molecule has 31 heavy (non-hydrogen) atoms. The fourth-order valence-corrected chi connectivity index (χ4v) is 5.48. The number of nitrogens with zero attached hydrogens (tertiary/aromatic N) is 2. The maximum Gasteiger partial charge on any atom is 0.323 e. The van der Waals surface area contributed by atoms with Crippen LogP contribution < -0.4 is 20.4 Å². The largest absolute Gasteiger partial charge is 0.870 e. The van der Waals surface area contributed by atoms with Crippen LogP contribution in [0.15, 0.2) is 56.2 Å². The summed E-state index contributed by atoms with van der Waals surface area (Å²) in [7, 11) is 0. The minimum atomic E-state index is -0.257. The molecule has 1 amide bonds. The van der Waals surface area contributed by atoms with E-state index in [1.54, 1.807) is 30.8 Å². The van der Waals surface area contributed by atoms with Crippen LogP contribution >= 0.6 is 46.5 Å². The molecule has 0 aliphatic rings. The number of amides is 1. The molecule has 0 unspecified atom stereocenters. The van der Waals surface area contributed by atoms with Crippen molar-refractivity contribution in [3.8, 4) is 11.5 Å². The Labute approximate surface area is 197 Å². The van der Waals surface area contributed by atoms with Crippen LogP contribution in [0.1, 0.15) is 18.1 Å². The van der Waals surface area contributed by atoms with Gasteiger partial charge in [-0.25, -0.2) is 5.43 Å². The fraction of sp³-hybridized carbons (Fsp3) is 0.200. The van der Waals surface area contributed by atoms with Crippen molar-refractivity contribution >= 4 is 58.6 Å². The Kier molecular flexibility index (Phi) is 9.01. The van der Waals surface area contributed by atoms with E-state index in [2.05, 4.69) is 20.7 Å². The number of carbonyl (C=O) groups is 1. The molecule has 0 fully saturated rings. The van der Waals surface area contributed by atoms with E-state index in [4.69, 9.17) is 16.3 Å². The molecule has 2 aromatic carbocycles. The first-order valence-electron chi connectivity index (χ1n) is 9.18. The highest BCUT2D eigenvalue weighted by Gasteiger charge is 2.14. The van der Waals surface area contributed by atoms with Gasteiger partial charge >= 0.3 is 4.34 Å². The Morgan fingerprint density at radius 3 is 3.00 bits per heavy atom. The average Bonchev–Trinajstić information content (AvgIpc) is 3.22. The molecule has 2 N–H and O–H groups in total. The average molecular weight is 495 g/mol. The molecule has 0 spiro atoms. The van der Waals surface area contributed by atoms with Gasteiger partial charge < -0.3 is 9.84 Å². The quantitative estimate of drug-likeness (QED) is 0.262. The first kappa shape index (κ1) is 23.4. The molecule has 1 heterocycles. The molecule has 1 aromatic heterocycles. The molecule has 7 nitrogen and oxygen atoms in total. The van der Waals surface area contributed by atoms with Gasteiger partial charge in [-0.2, -0.15) is 5.10 Å². The van der Waals surface area contributed by atoms with Gasteiger partial charge in [0, 0.05) is 15.9 Å². The molecule has 0 bridgehead atoms. The predicted octanol–water partition coefficient (Wildman–Crippen LogP) is 3.62. The molecule has 0 atom stereocenters. The van der Waals surface area contributed by atoms with E-state index in [0.717, 1.165) is 25.0 Å². The number of nitrogens with one attached hydrogen (secondary N) is 2. The minimum Gasteiger partial charge on any atom is -0.870 e. The van der Waals surface area contributed by atoms with Gasteiger partial charge in [0.1, 0.15) is 5.75 Å². The van der Waals surface area contributed by atoms with Crippen LogP contribution in [0.25, 0.3) is 0 Å². The van der Waals surface area contributed by atoms with E-state index in [9.17, 15) is 9.90 Å². The standard InChI is InChI=1S/C20H19ClN4O3S3/c1-2-28-17-9-13(7-8-16(17)26)10-22-23-18(27)12-30-20-25-24-19(31-20)29-11-14-5-3-4-6-15(14)21/h3-10,26H,2,11-12H2,1H3,(H,23,27)/b22-10-. The maximum absolute atomic E-state index is 12.0. The van der Waals surface area contributed by atoms with Crippen LogP contribution in [0, 0.1) is 0 Å². The predicted molar refractivity (Wildman–Crippen MR) is 123 cm³/mol. The topological polar surface area (TPSA) is 101 Å². The smallest absolute Gasteiger partial charge is 0.323 e. The SMILES string of the molecule is CCOc1cc(/C=N\NC(=O)CSc2n[nH+]c(SCc3ccccc3Cl)s2)ccc1[O-]. The van der Waals surface area contributed by atoms with E-state index in [-0.39, 0.29) is 23.2 Å². The summed E-state index contributed by atoms with van der Waals surface area (Å²) in [6, 6.07) is 12.3. The van der Waals surface area contributed by atoms with E-state index in [1.807, 2.05) is 24.3 Å². The summed E-state index contributed by atoms with van der Waals surface area (Å²) >= 11 is 10.6. The first-order chi connectivity index (χ1) is 15.0. The van der Waals surface area contributed by atoms with Crippen molar-refractivity contribution in [2.45, 2.75) is 21.4 Å². The number of aromatic amines is 1. The highest BCUT2D eigenvalue weighted by atomic mass is 35.5. The molecule has 0 radical (unpaired) electrons. The molecular weight excluding hydrogens is 476 g/mol. The van der Waals surface area contributed by atoms with E-state index in [0.29, 0.717) is 12.2 Å². The van der Waals surface area contributed by atoms with Crippen molar-refractivity contribution in [3.05, 3.63) is 58.6 Å². The van der Waals surface area contributed by atoms with Crippen molar-refractivity contribution in [1.82, 2.24) is 10.5 Å². The molecule has 0 aliphatic carbocycles. The number of hydrazone groups is 1. The van der Waals surface area contributed by atoms with Crippen molar-refractivity contribution < 1.29 is 19.7 Å². The normalized spacial score (nSPS) is 11.0. The molecule has 0 saturated heterocycles. The third-order valence-electron chi connectivity index (χ3n) is 3.73. The van der Waals surface area contributed by atoms with E-state index in [1.165, 1.54) is 35.4 Å². The zero-order chi connectivity index (χ0) is 22.1. The summed E-state index contributed by atoms with van der Waals surface area (Å²) < 4.78 is 6.96. The number of carbonyl (C=O) groups excluding carboxylic acids is 1. The Hall–Kier alpha value is -2.27. The van der Waals surface area contributed by atoms with Gasteiger partial charge in [-0.3, -0.25) is 4.79 Å². The van der Waals surface area contributed by atoms with Gasteiger partial charge in [-0.1, -0.05) is 64.5 Å². The van der Waals surface area contributed by atoms with Crippen LogP contribution in [0.5, 0.6) is 11.5 Å². The molecule has 0 aliphatic heterocycles. The highest BCUT2D eigenvalue weighted by molar-refractivity contribution is 8.03. The second-order valence-corrected chi connectivity index (χ2v) is 9.85. The third kappa shape index (κ3) is 7.42. The number of aromatic nitrogens is 2. The lowest BCUT2D eigenvalue weighted by Gasteiger charge is -2.13. The number of benzene rings is 2. The minimum absolute atomic E-state index is 0.178. The molecule has 3 rings (SSSR count). The zero-order valence-electron chi connectivity index (χ0n) is 16.5. The second kappa shape index (κ2) is 11.9. The number of ether oxygens (including phenoxy) is 1. The van der Waals surface area contributed by atoms with Gasteiger partial charge in [0.2, 0.25) is 4.34 Å². The molecule has 3 aromatic rings. The van der Waals surface area contributed by atoms with E-state index < -0.39 is 0 Å². The lowest BCUT2D eigenvalue weighted by atomic mass is 10.2. The number of thioether (sulfide) groups is 2. The number of halogens is 1. The van der Waals surface area contributed by atoms with Crippen molar-refractivity contribution in [3.63, 3.8) is 0 Å². The lowest BCUT2D eigenvalue weighted by Crippen LogP contribution is -2.19. The van der Waals surface area contributed by atoms with E-state index >= 15 is 0 Å². The Balaban J connectivity index is 1.43. The monoisotopic (exact) mass is 494 g/mol. The number of rotatable bonds is 10. The lowest BCUT2D eigenvalue weighted by molar-refractivity contribution is -0.492. The highest BCUT2D eigenvalue weighted by Crippen LogP contribution is 2.30. The van der Waals surface area contributed by atoms with Crippen LogP contribution in [0.4, 0.5) is 0 Å². The van der Waals surface area contributed by atoms with Crippen LogP contribution in [0.2, 0.25) is 5.02 Å². The molecule has 0 saturated carbocycles. The molecular formula is C20H19ClN4O3S3. The summed E-state index contributed by atoms with van der Waals surface area (Å²) in [4.78, 5) is 12.0. The fourth-order valence-electron chi connectivity index (χ4n) is 2.31. The Bertz CT molecular complexity index is 1060. The summed E-state index contributed by atoms with van der Waals surface area (Å²) in [6.45, 7) is 2.21. The Morgan fingerprint density at radius 1 is 1.35 bits per heavy atom. The van der Waals surface area contributed by atoms with Gasteiger partial charge in [-0.05, 0) is 53.3 Å². The van der Waals surface area contributed by atoms with Crippen molar-refractivity contribution in [2.24, 2.45) is 5.10 Å². The van der Waals surface area contributed by atoms with Crippen LogP contribution in [0.3, 0.4) is 0 Å². The molecule has 162 valence electrons. The summed E-state index contributed by atoms with van der Waals surface area (Å²) in [5.41, 5.74) is 4.18. The summed E-state index contributed by atoms with van der Waals surface area (Å²) in [5.74, 6) is 0.723. The third-order valence-corrected chi connectivity index (χ3v) is 7.40. The first-order valence-corrected chi connectivity index (χ1v) is 12.3. The van der Waals surface area contributed by atoms with Gasteiger partial charge in [0.15, 0.2) is 0 Å². The Morgan fingerprint density at radius 2 is 2.19 bits per heavy atom. The van der Waals surface area contributed by atoms with Crippen LogP contribution in [-0.4, -0.2) is 29.6 Å². The number of hydrogen-bond donors (Lipinski definition) is 1. The van der Waals surface area contributed by atoms with Gasteiger partial charge in [0.25, 0.3) is 5.91 Å². The summed E-state index contributed by atoms with van der Waals surface area (Å²) in [6.07, 6.45) is 1.46. The summed E-state index contributed by atoms with van der Waals surface area (Å²) in [5, 5.41) is 23.5. The van der Waals surface area contributed by atoms with Crippen molar-refractivity contribution in [1.29, 1.82) is 0 Å². The van der Waals surface area contributed by atoms with Crippen molar-refractivity contribution in [2.75, 3.05) is 12.4 Å². The van der Waals surface area contributed by atoms with Gasteiger partial charge in [-0.15, -0.1) is 0 Å². The number of H-pyrrole nitrogens is 1.